The van der Waals surface area contributed by atoms with Crippen LogP contribution in [0.4, 0.5) is 0 Å². The number of esters is 1. The normalized spacial score (nSPS) is 15.1. The zero-order chi connectivity index (χ0) is 22.1. The van der Waals surface area contributed by atoms with Gasteiger partial charge in [0.05, 0.1) is 18.4 Å². The van der Waals surface area contributed by atoms with Crippen LogP contribution in [0.1, 0.15) is 69.1 Å². The maximum atomic E-state index is 13.2. The first-order valence-electron chi connectivity index (χ1n) is 10.9. The summed E-state index contributed by atoms with van der Waals surface area (Å²) in [5.74, 6) is -3.40. The first-order chi connectivity index (χ1) is 14.4. The summed E-state index contributed by atoms with van der Waals surface area (Å²) in [6.45, 7) is 8.12. The fourth-order valence-electron chi connectivity index (χ4n) is 3.98. The van der Waals surface area contributed by atoms with Crippen LogP contribution in [0.5, 0.6) is 0 Å². The molecule has 0 radical (unpaired) electrons. The molecule has 0 heterocycles. The van der Waals surface area contributed by atoms with Gasteiger partial charge in [-0.05, 0) is 35.4 Å². The summed E-state index contributed by atoms with van der Waals surface area (Å²) < 4.78 is 5.55. The smallest absolute Gasteiger partial charge is 0.310 e. The molecule has 0 saturated carbocycles. The molecule has 0 fully saturated rings. The lowest BCUT2D eigenvalue weighted by Crippen LogP contribution is -2.36. The summed E-state index contributed by atoms with van der Waals surface area (Å²) in [7, 11) is 0. The van der Waals surface area contributed by atoms with Gasteiger partial charge in [-0.3, -0.25) is 9.59 Å². The molecule has 0 aliphatic heterocycles. The number of carboxylic acids is 1. The minimum absolute atomic E-state index is 0.0517. The second-order valence-electron chi connectivity index (χ2n) is 7.99. The van der Waals surface area contributed by atoms with Crippen molar-refractivity contribution in [3.8, 4) is 0 Å². The molecule has 2 aromatic carbocycles. The lowest BCUT2D eigenvalue weighted by atomic mass is 9.70. The summed E-state index contributed by atoms with van der Waals surface area (Å²) in [6, 6.07) is 18.1. The number of benzene rings is 2. The van der Waals surface area contributed by atoms with Gasteiger partial charge < -0.3 is 9.84 Å². The molecule has 0 aromatic heterocycles. The Balaban J connectivity index is 2.52. The van der Waals surface area contributed by atoms with E-state index < -0.39 is 23.8 Å². The van der Waals surface area contributed by atoms with E-state index in [0.29, 0.717) is 6.61 Å². The standard InChI is InChI=1S/C26H34O4/c1-5-7-17-30-26(29)24(19(4)25(27)28)23(18(3)21-11-9-8-10-12-21)22-15-13-20(6-2)14-16-22/h8-16,18-19,23-24H,5-7,17H2,1-4H3,(H,27,28). The van der Waals surface area contributed by atoms with Gasteiger partial charge in [0.2, 0.25) is 0 Å². The van der Waals surface area contributed by atoms with E-state index in [4.69, 9.17) is 4.74 Å². The van der Waals surface area contributed by atoms with E-state index in [2.05, 4.69) is 26.0 Å². The molecule has 1 N–H and O–H groups in total. The van der Waals surface area contributed by atoms with E-state index in [1.807, 2.05) is 49.4 Å². The third kappa shape index (κ3) is 5.94. The van der Waals surface area contributed by atoms with Gasteiger partial charge in [-0.2, -0.15) is 0 Å². The fraction of sp³-hybridized carbons (Fsp3) is 0.462. The molecular formula is C26H34O4. The predicted molar refractivity (Wildman–Crippen MR) is 120 cm³/mol. The third-order valence-electron chi connectivity index (χ3n) is 5.97. The van der Waals surface area contributed by atoms with Crippen LogP contribution in [-0.2, 0) is 20.7 Å². The van der Waals surface area contributed by atoms with Crippen molar-refractivity contribution in [2.75, 3.05) is 6.61 Å². The van der Waals surface area contributed by atoms with E-state index in [-0.39, 0.29) is 11.8 Å². The van der Waals surface area contributed by atoms with Gasteiger partial charge in [0.25, 0.3) is 0 Å². The number of aliphatic carboxylic acids is 1. The highest BCUT2D eigenvalue weighted by molar-refractivity contribution is 5.82. The van der Waals surface area contributed by atoms with E-state index in [0.717, 1.165) is 30.4 Å². The number of carbonyl (C=O) groups excluding carboxylic acids is 1. The van der Waals surface area contributed by atoms with E-state index in [1.54, 1.807) is 6.92 Å². The summed E-state index contributed by atoms with van der Waals surface area (Å²) in [6.07, 6.45) is 2.60. The number of carbonyl (C=O) groups is 2. The molecule has 4 nitrogen and oxygen atoms in total. The maximum absolute atomic E-state index is 13.2. The van der Waals surface area contributed by atoms with Crippen LogP contribution < -0.4 is 0 Å². The van der Waals surface area contributed by atoms with E-state index in [9.17, 15) is 14.7 Å². The molecule has 4 atom stereocenters. The Bertz CT molecular complexity index is 798. The number of rotatable bonds is 11. The third-order valence-corrected chi connectivity index (χ3v) is 5.97. The molecule has 0 aliphatic rings. The molecule has 2 aromatic rings. The SMILES string of the molecule is CCCCOC(=O)C(C(C)C(=O)O)C(c1ccc(CC)cc1)C(C)c1ccccc1. The number of aryl methyl sites for hydroxylation is 1. The van der Waals surface area contributed by atoms with Crippen molar-refractivity contribution in [1.82, 2.24) is 0 Å². The van der Waals surface area contributed by atoms with Crippen molar-refractivity contribution >= 4 is 11.9 Å². The van der Waals surface area contributed by atoms with Crippen LogP contribution in [0.3, 0.4) is 0 Å². The van der Waals surface area contributed by atoms with Crippen molar-refractivity contribution in [2.45, 2.75) is 58.8 Å². The highest BCUT2D eigenvalue weighted by Gasteiger charge is 2.41. The van der Waals surface area contributed by atoms with Crippen molar-refractivity contribution in [2.24, 2.45) is 11.8 Å². The first-order valence-corrected chi connectivity index (χ1v) is 10.9. The Kier molecular flexibility index (Phi) is 9.10. The summed E-state index contributed by atoms with van der Waals surface area (Å²) in [5.41, 5.74) is 3.25. The Hall–Kier alpha value is -2.62. The molecule has 162 valence electrons. The number of ether oxygens (including phenoxy) is 1. The minimum atomic E-state index is -0.983. The largest absolute Gasteiger partial charge is 0.481 e. The predicted octanol–water partition coefficient (Wildman–Crippen LogP) is 5.82. The summed E-state index contributed by atoms with van der Waals surface area (Å²) >= 11 is 0. The van der Waals surface area contributed by atoms with Crippen molar-refractivity contribution in [1.29, 1.82) is 0 Å². The van der Waals surface area contributed by atoms with Crippen molar-refractivity contribution < 1.29 is 19.4 Å². The molecule has 2 rings (SSSR count). The Morgan fingerprint density at radius 2 is 1.57 bits per heavy atom. The molecule has 4 unspecified atom stereocenters. The van der Waals surface area contributed by atoms with Gasteiger partial charge in [0.15, 0.2) is 0 Å². The summed E-state index contributed by atoms with van der Waals surface area (Å²) in [5, 5.41) is 9.80. The van der Waals surface area contributed by atoms with Gasteiger partial charge in [0.1, 0.15) is 0 Å². The van der Waals surface area contributed by atoms with Gasteiger partial charge in [-0.15, -0.1) is 0 Å². The van der Waals surface area contributed by atoms with Crippen LogP contribution in [0, 0.1) is 11.8 Å². The second kappa shape index (κ2) is 11.5. The molecule has 4 heteroatoms. The second-order valence-corrected chi connectivity index (χ2v) is 7.99. The van der Waals surface area contributed by atoms with E-state index >= 15 is 0 Å². The number of hydrogen-bond acceptors (Lipinski definition) is 3. The molecular weight excluding hydrogens is 376 g/mol. The molecule has 30 heavy (non-hydrogen) atoms. The Morgan fingerprint density at radius 1 is 0.933 bits per heavy atom. The number of unbranched alkanes of at least 4 members (excludes halogenated alkanes) is 1. The van der Waals surface area contributed by atoms with Gasteiger partial charge >= 0.3 is 11.9 Å². The maximum Gasteiger partial charge on any atom is 0.310 e. The van der Waals surface area contributed by atoms with Crippen LogP contribution in [0.25, 0.3) is 0 Å². The fourth-order valence-corrected chi connectivity index (χ4v) is 3.98. The average Bonchev–Trinajstić information content (AvgIpc) is 2.77. The molecule has 0 amide bonds. The molecule has 0 aliphatic carbocycles. The minimum Gasteiger partial charge on any atom is -0.481 e. The quantitative estimate of drug-likeness (QED) is 0.375. The Morgan fingerprint density at radius 3 is 2.10 bits per heavy atom. The van der Waals surface area contributed by atoms with Crippen molar-refractivity contribution in [3.63, 3.8) is 0 Å². The number of carboxylic acid groups (broad SMARTS) is 1. The zero-order valence-electron chi connectivity index (χ0n) is 18.5. The van der Waals surface area contributed by atoms with Crippen LogP contribution >= 0.6 is 0 Å². The lowest BCUT2D eigenvalue weighted by Gasteiger charge is -2.33. The molecule has 0 spiro atoms. The highest BCUT2D eigenvalue weighted by atomic mass is 16.5. The van der Waals surface area contributed by atoms with Gasteiger partial charge in [-0.1, -0.05) is 88.7 Å². The van der Waals surface area contributed by atoms with Crippen LogP contribution in [-0.4, -0.2) is 23.7 Å². The van der Waals surface area contributed by atoms with Crippen LogP contribution in [0.2, 0.25) is 0 Å². The zero-order valence-corrected chi connectivity index (χ0v) is 18.5. The lowest BCUT2D eigenvalue weighted by molar-refractivity contribution is -0.158. The van der Waals surface area contributed by atoms with Gasteiger partial charge in [-0.25, -0.2) is 0 Å². The van der Waals surface area contributed by atoms with E-state index in [1.165, 1.54) is 5.56 Å². The molecule has 0 bridgehead atoms. The molecule has 0 saturated heterocycles. The topological polar surface area (TPSA) is 63.6 Å². The monoisotopic (exact) mass is 410 g/mol. The Labute approximate surface area is 180 Å². The van der Waals surface area contributed by atoms with Crippen molar-refractivity contribution in [3.05, 3.63) is 71.3 Å². The first kappa shape index (κ1) is 23.7. The van der Waals surface area contributed by atoms with Crippen LogP contribution in [0.15, 0.2) is 54.6 Å². The average molecular weight is 411 g/mol. The highest BCUT2D eigenvalue weighted by Crippen LogP contribution is 2.42. The number of hydrogen-bond donors (Lipinski definition) is 1. The summed E-state index contributed by atoms with van der Waals surface area (Å²) in [4.78, 5) is 25.1. The van der Waals surface area contributed by atoms with Gasteiger partial charge in [0, 0.05) is 5.92 Å².